The summed E-state index contributed by atoms with van der Waals surface area (Å²) in [4.78, 5) is 112. The van der Waals surface area contributed by atoms with Crippen LogP contribution in [0.3, 0.4) is 0 Å². The molecule has 3 heterocycles. The number of aromatic nitrogens is 6. The Morgan fingerprint density at radius 1 is 0.548 bits per heavy atom. The molecule has 0 radical (unpaired) electrons. The number of hydrogen-bond donors (Lipinski definition) is 11. The molecule has 0 aliphatic carbocycles. The highest BCUT2D eigenvalue weighted by Crippen LogP contribution is 2.18. The average molecular weight is 1340 g/mol. The predicted molar refractivity (Wildman–Crippen MR) is 343 cm³/mol. The number of imidazole rings is 3. The van der Waals surface area contributed by atoms with Crippen LogP contribution < -0.4 is 21.7 Å². The van der Waals surface area contributed by atoms with Crippen molar-refractivity contribution in [1.29, 1.82) is 0 Å². The molecule has 3 rings (SSSR count). The fourth-order valence-electron chi connectivity index (χ4n) is 5.20. The summed E-state index contributed by atoms with van der Waals surface area (Å²) < 4.78 is 32.8. The van der Waals surface area contributed by atoms with Gasteiger partial charge in [0, 0.05) is 88.2 Å². The van der Waals surface area contributed by atoms with Crippen molar-refractivity contribution in [3.05, 3.63) is 68.3 Å². The first kappa shape index (κ1) is 94.0. The monoisotopic (exact) mass is 1330 g/mol. The maximum atomic E-state index is 12.5. The van der Waals surface area contributed by atoms with Crippen molar-refractivity contribution in [3.8, 4) is 0 Å². The van der Waals surface area contributed by atoms with Crippen molar-refractivity contribution in [2.75, 3.05) is 86.1 Å². The van der Waals surface area contributed by atoms with Gasteiger partial charge in [-0.15, -0.1) is 0 Å². The van der Waals surface area contributed by atoms with Gasteiger partial charge in [-0.25, -0.2) is 38.7 Å². The van der Waals surface area contributed by atoms with Crippen molar-refractivity contribution in [1.82, 2.24) is 44.6 Å². The van der Waals surface area contributed by atoms with Crippen molar-refractivity contribution in [2.45, 2.75) is 153 Å². The highest BCUT2D eigenvalue weighted by molar-refractivity contribution is 5.89. The van der Waals surface area contributed by atoms with Crippen molar-refractivity contribution >= 4 is 53.9 Å². The summed E-state index contributed by atoms with van der Waals surface area (Å²) in [7, 11) is 1.19. The van der Waals surface area contributed by atoms with Crippen LogP contribution in [0.1, 0.15) is 129 Å². The molecule has 0 spiro atoms. The van der Waals surface area contributed by atoms with Crippen LogP contribution in [-0.2, 0) is 52.4 Å². The van der Waals surface area contributed by atoms with E-state index in [1.807, 2.05) is 62.3 Å². The molecule has 0 unspecified atom stereocenters. The number of nitrogens with zero attached hydrogens (tertiary/aromatic N) is 6. The number of nitrogens with one attached hydrogen (secondary N) is 3. The number of carbonyl (C=O) groups is 9. The molecular formula is C61H110N10O22. The lowest BCUT2D eigenvalue weighted by Crippen LogP contribution is -2.48. The fraction of sp³-hybridized carbons (Fsp3) is 0.672. The van der Waals surface area contributed by atoms with Crippen molar-refractivity contribution < 1.29 is 107 Å². The fourth-order valence-corrected chi connectivity index (χ4v) is 5.20. The number of carboxylic acid groups (broad SMARTS) is 1. The Morgan fingerprint density at radius 2 is 0.925 bits per heavy atom. The molecule has 5 atom stereocenters. The minimum atomic E-state index is -1.69. The maximum Gasteiger partial charge on any atom is 0.508 e. The first-order chi connectivity index (χ1) is 43.8. The van der Waals surface area contributed by atoms with E-state index in [1.54, 1.807) is 64.8 Å². The molecule has 0 saturated carbocycles. The van der Waals surface area contributed by atoms with Crippen LogP contribution in [0.5, 0.6) is 0 Å². The quantitative estimate of drug-likeness (QED) is 0.0212. The number of Topliss-reactive ketones (excluding diaryl/α,β-unsaturated/α-hetero) is 1. The van der Waals surface area contributed by atoms with Gasteiger partial charge < -0.3 is 85.9 Å². The van der Waals surface area contributed by atoms with Crippen molar-refractivity contribution in [3.63, 3.8) is 0 Å². The van der Waals surface area contributed by atoms with Crippen LogP contribution in [-0.4, -0.2) is 229 Å². The number of rotatable bonds is 28. The molecule has 32 heteroatoms. The van der Waals surface area contributed by atoms with Crippen LogP contribution in [0.25, 0.3) is 0 Å². The van der Waals surface area contributed by atoms with E-state index in [-0.39, 0.29) is 93.1 Å². The van der Waals surface area contributed by atoms with E-state index < -0.39 is 60.3 Å². The molecule has 3 aromatic heterocycles. The van der Waals surface area contributed by atoms with Crippen LogP contribution in [0, 0.1) is 29.1 Å². The summed E-state index contributed by atoms with van der Waals surface area (Å²) >= 11 is 0. The lowest BCUT2D eigenvalue weighted by molar-refractivity contribution is -0.149. The largest absolute Gasteiger partial charge is 0.508 e. The molecule has 3 amide bonds. The Bertz CT molecular complexity index is 2340. The smallest absolute Gasteiger partial charge is 0.481 e. The Labute approximate surface area is 546 Å². The number of ether oxygens (including phenoxy) is 6. The lowest BCUT2D eigenvalue weighted by atomic mass is 9.92. The van der Waals surface area contributed by atoms with Gasteiger partial charge >= 0.3 is 30.4 Å². The number of methoxy groups -OCH3 is 1. The third-order valence-electron chi connectivity index (χ3n) is 10.3. The van der Waals surface area contributed by atoms with E-state index in [0.717, 1.165) is 19.3 Å². The first-order valence-corrected chi connectivity index (χ1v) is 30.4. The normalized spacial score (nSPS) is 11.9. The zero-order valence-electron chi connectivity index (χ0n) is 57.0. The van der Waals surface area contributed by atoms with E-state index in [4.69, 9.17) is 49.8 Å². The standard InChI is InChI=1S/C22H39NO9.C10H19NO4.C7H6N4O.C7H10N2O2.C6H13NO2.C4H8O2.C3H8O.C2H7NO/c1-7-11-31-21(29)32-12-10-23-20(28)14(2)13-16(25)19(30-6)18(27)17(26)15(24)8-9-22(3,4)5;1-4-6-14-10(13)15-7-5-11-9(12)8(2)3;12-7(10-3-1-8-5-10)11-4-2-9-6-11;1-2-5-11-7(10)9-4-3-8-6-9;1-5(2)6(9)7-3-4-8;1-3(2)4(5)6;1-2-3-4;3-1-2-4/h8-9,14-15,17-19,24,26-27H,7,10-13H2,1-6H3,(H,23,28);8H,4-7H2,1-3H3,(H,11,12);1-6H;3-4,6H,2,5H2,1H3;5,8H,3-4H2,1-2H3,(H,7,9);3H,1-2H3,(H,5,6);4H,2-3H2,1H3;4H,1-3H2/b9-8+;;;;;;;/t14-,15-,17+,18-,19+;;;;;;;/m1......./s1. The number of carboxylic acids is 1. The molecule has 93 heavy (non-hydrogen) atoms. The van der Waals surface area contributed by atoms with Gasteiger partial charge in [0.1, 0.15) is 56.6 Å². The van der Waals surface area contributed by atoms with Crippen LogP contribution in [0.4, 0.5) is 19.2 Å². The Balaban J connectivity index is -0.000000353. The predicted octanol–water partition coefficient (Wildman–Crippen LogP) is 3.96. The Kier molecular flexibility index (Phi) is 61.2. The van der Waals surface area contributed by atoms with Gasteiger partial charge in [0.25, 0.3) is 0 Å². The average Bonchev–Trinajstić information content (AvgIpc) is 2.35. The van der Waals surface area contributed by atoms with E-state index in [9.17, 15) is 58.5 Å². The van der Waals surface area contributed by atoms with Gasteiger partial charge in [0.2, 0.25) is 17.7 Å². The van der Waals surface area contributed by atoms with E-state index in [1.165, 1.54) is 59.0 Å². The van der Waals surface area contributed by atoms with Gasteiger partial charge in [-0.05, 0) is 31.1 Å². The Morgan fingerprint density at radius 3 is 1.25 bits per heavy atom. The third-order valence-corrected chi connectivity index (χ3v) is 10.3. The van der Waals surface area contributed by atoms with Gasteiger partial charge in [-0.3, -0.25) is 33.1 Å². The topological polar surface area (TPSA) is 466 Å². The first-order valence-electron chi connectivity index (χ1n) is 30.4. The highest BCUT2D eigenvalue weighted by atomic mass is 16.7. The highest BCUT2D eigenvalue weighted by Gasteiger charge is 2.36. The molecule has 0 saturated heterocycles. The molecule has 0 bridgehead atoms. The number of hydrogen-bond acceptors (Lipinski definition) is 25. The number of allylic oxidation sites excluding steroid dienone is 1. The zero-order chi connectivity index (χ0) is 72.3. The molecule has 3 aromatic rings. The minimum Gasteiger partial charge on any atom is -0.481 e. The second-order valence-electron chi connectivity index (χ2n) is 21.3. The number of amides is 3. The van der Waals surface area contributed by atoms with Crippen LogP contribution in [0.2, 0.25) is 0 Å². The Hall–Kier alpha value is -7.72. The minimum absolute atomic E-state index is 0.0101. The van der Waals surface area contributed by atoms with E-state index in [0.29, 0.717) is 45.9 Å². The molecule has 0 aliphatic heterocycles. The molecule has 32 nitrogen and oxygen atoms in total. The summed E-state index contributed by atoms with van der Waals surface area (Å²) in [5, 5.41) is 70.2. The number of aliphatic hydroxyl groups is 6. The summed E-state index contributed by atoms with van der Waals surface area (Å²) in [5.41, 5.74) is 4.53. The third kappa shape index (κ3) is 55.6. The molecule has 12 N–H and O–H groups in total. The summed E-state index contributed by atoms with van der Waals surface area (Å²) in [5.74, 6) is -2.91. The van der Waals surface area contributed by atoms with Crippen molar-refractivity contribution in [2.24, 2.45) is 34.8 Å². The van der Waals surface area contributed by atoms with E-state index >= 15 is 0 Å². The van der Waals surface area contributed by atoms with Gasteiger partial charge in [-0.2, -0.15) is 0 Å². The van der Waals surface area contributed by atoms with Gasteiger partial charge in [-0.1, -0.05) is 109 Å². The summed E-state index contributed by atoms with van der Waals surface area (Å²) in [6, 6.07) is -0.190. The number of carbonyl (C=O) groups excluding carboxylic acids is 8. The molecule has 0 aliphatic rings. The molecule has 0 fully saturated rings. The SMILES string of the molecule is CC(C)C(=O)NCCO.CC(C)C(=O)O.CCCO.CCCOC(=O)OCCNC(=O)C(C)C.CCCOC(=O)OCCNC(=O)[C@H](C)CC(=O)[C@H](OC)[C@H](O)[C@@H](O)[C@H](O)/C=C/C(C)(C)C.CCCOC(=O)n1ccnc1.NCCO.O=C(n1ccnc1)n1ccnc1. The maximum absolute atomic E-state index is 12.5. The molecular weight excluding hydrogens is 1220 g/mol. The lowest BCUT2D eigenvalue weighted by Gasteiger charge is -2.27. The number of nitrogens with two attached hydrogens (primary N) is 1. The molecule has 536 valence electrons. The van der Waals surface area contributed by atoms with Gasteiger partial charge in [0.05, 0.1) is 52.0 Å². The van der Waals surface area contributed by atoms with Crippen LogP contribution >= 0.6 is 0 Å². The second kappa shape index (κ2) is 60.5. The van der Waals surface area contributed by atoms with Gasteiger partial charge in [0.15, 0.2) is 5.78 Å². The molecule has 0 aromatic carbocycles. The second-order valence-corrected chi connectivity index (χ2v) is 21.3. The summed E-state index contributed by atoms with van der Waals surface area (Å²) in [6.07, 6.45) is 11.5. The number of aliphatic carboxylic acids is 1. The van der Waals surface area contributed by atoms with E-state index in [2.05, 4.69) is 35.6 Å². The number of ketones is 1. The van der Waals surface area contributed by atoms with Crippen LogP contribution in [0.15, 0.2) is 68.3 Å². The number of aliphatic hydroxyl groups excluding tert-OH is 6. The zero-order valence-corrected chi connectivity index (χ0v) is 57.0. The summed E-state index contributed by atoms with van der Waals surface area (Å²) in [6.45, 7) is 28.0.